The Morgan fingerprint density at radius 3 is 2.86 bits per heavy atom. The van der Waals surface area contributed by atoms with Crippen LogP contribution in [0.25, 0.3) is 21.9 Å². The van der Waals surface area contributed by atoms with Crippen LogP contribution in [0.4, 0.5) is 13.2 Å². The SMILES string of the molecule is C/C(N)=C/NCc1nc2cnc3ccc(F)cc3c2n1C1CN(C)CC1(F)F. The van der Waals surface area contributed by atoms with Crippen LogP contribution in [0.15, 0.2) is 36.3 Å². The number of benzene rings is 1. The predicted octanol–water partition coefficient (Wildman–Crippen LogP) is 2.76. The van der Waals surface area contributed by atoms with Gasteiger partial charge in [-0.2, -0.15) is 0 Å². The minimum Gasteiger partial charge on any atom is -0.401 e. The highest BCUT2D eigenvalue weighted by atomic mass is 19.3. The quantitative estimate of drug-likeness (QED) is 0.717. The van der Waals surface area contributed by atoms with E-state index >= 15 is 0 Å². The molecule has 3 heterocycles. The molecule has 28 heavy (non-hydrogen) atoms. The van der Waals surface area contributed by atoms with Gasteiger partial charge in [-0.1, -0.05) is 0 Å². The third kappa shape index (κ3) is 3.15. The zero-order valence-corrected chi connectivity index (χ0v) is 15.6. The number of hydrogen-bond acceptors (Lipinski definition) is 5. The van der Waals surface area contributed by atoms with Crippen LogP contribution in [0.1, 0.15) is 18.8 Å². The van der Waals surface area contributed by atoms with Crippen LogP contribution in [0.3, 0.4) is 0 Å². The topological polar surface area (TPSA) is 72.0 Å². The number of likely N-dealkylation sites (tertiary alicyclic amines) is 1. The van der Waals surface area contributed by atoms with Gasteiger partial charge in [0, 0.05) is 23.8 Å². The van der Waals surface area contributed by atoms with E-state index in [0.29, 0.717) is 33.5 Å². The van der Waals surface area contributed by atoms with Crippen LogP contribution in [0.2, 0.25) is 0 Å². The number of halogens is 3. The monoisotopic (exact) mass is 390 g/mol. The van der Waals surface area contributed by atoms with Crippen LogP contribution < -0.4 is 11.1 Å². The van der Waals surface area contributed by atoms with Gasteiger partial charge in [-0.25, -0.2) is 18.2 Å². The maximum atomic E-state index is 14.8. The molecule has 9 heteroatoms. The van der Waals surface area contributed by atoms with Crippen LogP contribution in [0, 0.1) is 5.82 Å². The molecular weight excluding hydrogens is 369 g/mol. The van der Waals surface area contributed by atoms with Gasteiger partial charge in [-0.3, -0.25) is 9.88 Å². The third-order valence-electron chi connectivity index (χ3n) is 4.91. The minimum absolute atomic E-state index is 0.163. The highest BCUT2D eigenvalue weighted by Gasteiger charge is 2.49. The number of imidazole rings is 1. The van der Waals surface area contributed by atoms with Crippen LogP contribution in [0.5, 0.6) is 0 Å². The molecule has 0 saturated carbocycles. The highest BCUT2D eigenvalue weighted by molar-refractivity contribution is 6.02. The van der Waals surface area contributed by atoms with Crippen molar-refractivity contribution in [2.75, 3.05) is 20.1 Å². The Bertz CT molecular complexity index is 1070. The second-order valence-electron chi connectivity index (χ2n) is 7.29. The van der Waals surface area contributed by atoms with Crippen molar-refractivity contribution in [3.8, 4) is 0 Å². The number of hydrogen-bond donors (Lipinski definition) is 2. The number of nitrogens with two attached hydrogens (primary N) is 1. The van der Waals surface area contributed by atoms with Crippen molar-refractivity contribution in [2.24, 2.45) is 5.73 Å². The molecule has 2 aromatic heterocycles. The number of alkyl halides is 2. The molecule has 1 saturated heterocycles. The van der Waals surface area contributed by atoms with Gasteiger partial charge in [-0.15, -0.1) is 0 Å². The Morgan fingerprint density at radius 2 is 2.18 bits per heavy atom. The summed E-state index contributed by atoms with van der Waals surface area (Å²) >= 11 is 0. The van der Waals surface area contributed by atoms with E-state index in [9.17, 15) is 13.2 Å². The van der Waals surface area contributed by atoms with Crippen molar-refractivity contribution >= 4 is 21.9 Å². The lowest BCUT2D eigenvalue weighted by molar-refractivity contribution is -0.0201. The van der Waals surface area contributed by atoms with Gasteiger partial charge >= 0.3 is 0 Å². The second kappa shape index (κ2) is 6.66. The molecule has 148 valence electrons. The summed E-state index contributed by atoms with van der Waals surface area (Å²) in [7, 11) is 1.66. The van der Waals surface area contributed by atoms with Crippen LogP contribution in [-0.2, 0) is 6.54 Å². The molecule has 0 spiro atoms. The molecule has 1 aliphatic rings. The first-order valence-corrected chi connectivity index (χ1v) is 8.93. The van der Waals surface area contributed by atoms with E-state index in [0.717, 1.165) is 0 Å². The number of nitrogens with one attached hydrogen (secondary N) is 1. The second-order valence-corrected chi connectivity index (χ2v) is 7.29. The van der Waals surface area contributed by atoms with Gasteiger partial charge in [-0.05, 0) is 32.2 Å². The number of pyridine rings is 1. The van der Waals surface area contributed by atoms with E-state index in [1.807, 2.05) is 0 Å². The molecule has 1 unspecified atom stereocenters. The molecular formula is C19H21F3N6. The predicted molar refractivity (Wildman–Crippen MR) is 101 cm³/mol. The fourth-order valence-electron chi connectivity index (χ4n) is 3.79. The van der Waals surface area contributed by atoms with Gasteiger partial charge in [0.05, 0.1) is 30.3 Å². The number of nitrogens with zero attached hydrogens (tertiary/aromatic N) is 4. The third-order valence-corrected chi connectivity index (χ3v) is 4.91. The standard InChI is InChI=1S/C19H21F3N6/c1-11(23)6-24-8-17-26-15-7-25-14-4-3-12(20)5-13(14)18(15)28(17)16-9-27(2)10-19(16,21)22/h3-7,16,24H,8-10,23H2,1-2H3/b11-6-. The zero-order chi connectivity index (χ0) is 20.1. The summed E-state index contributed by atoms with van der Waals surface area (Å²) in [5.41, 5.74) is 7.64. The van der Waals surface area contributed by atoms with Crippen molar-refractivity contribution < 1.29 is 13.2 Å². The molecule has 1 fully saturated rings. The van der Waals surface area contributed by atoms with Crippen molar-refractivity contribution in [1.29, 1.82) is 0 Å². The summed E-state index contributed by atoms with van der Waals surface area (Å²) in [6, 6.07) is 3.05. The van der Waals surface area contributed by atoms with Crippen molar-refractivity contribution in [3.05, 3.63) is 47.9 Å². The normalized spacial score (nSPS) is 20.3. The van der Waals surface area contributed by atoms with Gasteiger partial charge in [0.1, 0.15) is 23.2 Å². The van der Waals surface area contributed by atoms with Gasteiger partial charge < -0.3 is 15.6 Å². The van der Waals surface area contributed by atoms with Crippen molar-refractivity contribution in [3.63, 3.8) is 0 Å². The van der Waals surface area contributed by atoms with Crippen LogP contribution >= 0.6 is 0 Å². The molecule has 6 nitrogen and oxygen atoms in total. The van der Waals surface area contributed by atoms with E-state index in [-0.39, 0.29) is 19.6 Å². The summed E-state index contributed by atoms with van der Waals surface area (Å²) in [4.78, 5) is 10.4. The maximum absolute atomic E-state index is 14.8. The first kappa shape index (κ1) is 18.5. The average Bonchev–Trinajstić information content (AvgIpc) is 3.09. The largest absolute Gasteiger partial charge is 0.401 e. The van der Waals surface area contributed by atoms with E-state index in [2.05, 4.69) is 15.3 Å². The fourth-order valence-corrected chi connectivity index (χ4v) is 3.79. The molecule has 0 bridgehead atoms. The Morgan fingerprint density at radius 1 is 1.39 bits per heavy atom. The van der Waals surface area contributed by atoms with E-state index in [1.165, 1.54) is 22.9 Å². The molecule has 1 aliphatic heterocycles. The molecule has 0 amide bonds. The summed E-state index contributed by atoms with van der Waals surface area (Å²) in [5.74, 6) is -2.98. The number of allylic oxidation sites excluding steroid dienone is 1. The van der Waals surface area contributed by atoms with Crippen molar-refractivity contribution in [2.45, 2.75) is 25.4 Å². The smallest absolute Gasteiger partial charge is 0.282 e. The molecule has 0 radical (unpaired) electrons. The van der Waals surface area contributed by atoms with E-state index in [1.54, 1.807) is 31.1 Å². The lowest BCUT2D eigenvalue weighted by Gasteiger charge is -2.23. The number of likely N-dealkylation sites (N-methyl/N-ethyl adjacent to an activating group) is 1. The Kier molecular flexibility index (Phi) is 4.41. The Balaban J connectivity index is 1.96. The zero-order valence-electron chi connectivity index (χ0n) is 15.6. The summed E-state index contributed by atoms with van der Waals surface area (Å²) in [6.45, 7) is 1.74. The number of rotatable bonds is 4. The lowest BCUT2D eigenvalue weighted by atomic mass is 10.1. The van der Waals surface area contributed by atoms with E-state index < -0.39 is 17.8 Å². The molecule has 1 aromatic carbocycles. The molecule has 0 aliphatic carbocycles. The Labute approximate surface area is 159 Å². The number of fused-ring (bicyclic) bond motifs is 3. The highest BCUT2D eigenvalue weighted by Crippen LogP contribution is 2.40. The maximum Gasteiger partial charge on any atom is 0.282 e. The Hall–Kier alpha value is -2.81. The van der Waals surface area contributed by atoms with Crippen molar-refractivity contribution in [1.82, 2.24) is 24.8 Å². The average molecular weight is 390 g/mol. The molecule has 3 N–H and O–H groups in total. The van der Waals surface area contributed by atoms with Crippen LogP contribution in [-0.4, -0.2) is 45.5 Å². The first-order chi connectivity index (χ1) is 13.3. The van der Waals surface area contributed by atoms with E-state index in [4.69, 9.17) is 5.73 Å². The summed E-state index contributed by atoms with van der Waals surface area (Å²) < 4.78 is 45.1. The first-order valence-electron chi connectivity index (χ1n) is 8.93. The molecule has 3 aromatic rings. The molecule has 4 rings (SSSR count). The summed E-state index contributed by atoms with van der Waals surface area (Å²) in [6.07, 6.45) is 3.13. The van der Waals surface area contributed by atoms with Gasteiger partial charge in [0.15, 0.2) is 0 Å². The van der Waals surface area contributed by atoms with Gasteiger partial charge in [0.25, 0.3) is 5.92 Å². The lowest BCUT2D eigenvalue weighted by Crippen LogP contribution is -2.31. The minimum atomic E-state index is -2.94. The van der Waals surface area contributed by atoms with Gasteiger partial charge in [0.2, 0.25) is 0 Å². The fraction of sp³-hybridized carbons (Fsp3) is 0.368. The number of aromatic nitrogens is 3. The molecule has 1 atom stereocenters. The summed E-state index contributed by atoms with van der Waals surface area (Å²) in [5, 5.41) is 3.47.